The number of nitrogens with zero attached hydrogens (tertiary/aromatic N) is 2. The Balaban J connectivity index is 1.71. The van der Waals surface area contributed by atoms with Crippen molar-refractivity contribution in [3.8, 4) is 0 Å². The second-order valence-corrected chi connectivity index (χ2v) is 6.98. The number of aryl methyl sites for hydroxylation is 1. The zero-order valence-electron chi connectivity index (χ0n) is 15.4. The van der Waals surface area contributed by atoms with E-state index in [0.29, 0.717) is 12.1 Å². The number of hydrogen-bond donors (Lipinski definition) is 1. The van der Waals surface area contributed by atoms with Gasteiger partial charge in [0.2, 0.25) is 0 Å². The van der Waals surface area contributed by atoms with E-state index in [1.54, 1.807) is 0 Å². The van der Waals surface area contributed by atoms with Crippen molar-refractivity contribution in [3.63, 3.8) is 0 Å². The van der Waals surface area contributed by atoms with Crippen LogP contribution in [-0.2, 0) is 0 Å². The summed E-state index contributed by atoms with van der Waals surface area (Å²) < 4.78 is 13.1. The van der Waals surface area contributed by atoms with Gasteiger partial charge >= 0.3 is 0 Å². The average molecular weight is 355 g/mol. The molecule has 3 rings (SSSR count). The van der Waals surface area contributed by atoms with E-state index in [1.807, 2.05) is 0 Å². The van der Waals surface area contributed by atoms with Crippen LogP contribution in [0.25, 0.3) is 0 Å². The number of likely N-dealkylation sites (N-methyl/N-ethyl adjacent to an activating group) is 1. The van der Waals surface area contributed by atoms with E-state index in [0.717, 1.165) is 26.2 Å². The van der Waals surface area contributed by atoms with Crippen LogP contribution in [0, 0.1) is 12.7 Å². The third-order valence-electron chi connectivity index (χ3n) is 5.00. The maximum atomic E-state index is 13.1. The summed E-state index contributed by atoms with van der Waals surface area (Å²) in [4.78, 5) is 17.2. The molecular weight excluding hydrogens is 329 g/mol. The van der Waals surface area contributed by atoms with Gasteiger partial charge in [0.25, 0.3) is 5.91 Å². The monoisotopic (exact) mass is 355 g/mol. The molecule has 0 spiro atoms. The summed E-state index contributed by atoms with van der Waals surface area (Å²) in [5.74, 6) is -0.507. The molecule has 26 heavy (non-hydrogen) atoms. The zero-order valence-corrected chi connectivity index (χ0v) is 15.4. The molecule has 1 saturated heterocycles. The Labute approximate surface area is 154 Å². The van der Waals surface area contributed by atoms with Crippen LogP contribution in [0.1, 0.15) is 27.5 Å². The zero-order chi connectivity index (χ0) is 18.5. The van der Waals surface area contributed by atoms with Gasteiger partial charge in [-0.1, -0.05) is 29.8 Å². The number of amides is 1. The summed E-state index contributed by atoms with van der Waals surface area (Å²) in [5.41, 5.74) is 2.91. The Morgan fingerprint density at radius 1 is 1.04 bits per heavy atom. The second kappa shape index (κ2) is 8.43. The summed E-state index contributed by atoms with van der Waals surface area (Å²) in [5, 5.41) is 3.02. The van der Waals surface area contributed by atoms with Crippen LogP contribution in [0.3, 0.4) is 0 Å². The van der Waals surface area contributed by atoms with Crippen molar-refractivity contribution in [1.29, 1.82) is 0 Å². The molecule has 0 aliphatic carbocycles. The molecule has 1 fully saturated rings. The lowest BCUT2D eigenvalue weighted by Crippen LogP contribution is -2.48. The molecule has 0 aromatic heterocycles. The van der Waals surface area contributed by atoms with Crippen LogP contribution in [0.2, 0.25) is 0 Å². The highest BCUT2D eigenvalue weighted by Gasteiger charge is 2.24. The first-order valence-corrected chi connectivity index (χ1v) is 9.06. The number of hydrogen-bond acceptors (Lipinski definition) is 3. The molecule has 0 unspecified atom stereocenters. The molecule has 2 aromatic carbocycles. The van der Waals surface area contributed by atoms with Gasteiger partial charge in [0, 0.05) is 38.3 Å². The number of piperazine rings is 1. The van der Waals surface area contributed by atoms with Crippen molar-refractivity contribution in [2.24, 2.45) is 0 Å². The Hall–Kier alpha value is -2.24. The third-order valence-corrected chi connectivity index (χ3v) is 5.00. The molecule has 1 aliphatic heterocycles. The molecular formula is C21H26FN3O. The van der Waals surface area contributed by atoms with Gasteiger partial charge in [-0.3, -0.25) is 9.69 Å². The van der Waals surface area contributed by atoms with Crippen molar-refractivity contribution in [3.05, 3.63) is 71.0 Å². The van der Waals surface area contributed by atoms with E-state index in [1.165, 1.54) is 35.4 Å². The van der Waals surface area contributed by atoms with E-state index < -0.39 is 0 Å². The Kier molecular flexibility index (Phi) is 6.01. The predicted molar refractivity (Wildman–Crippen MR) is 102 cm³/mol. The van der Waals surface area contributed by atoms with Crippen molar-refractivity contribution in [1.82, 2.24) is 15.1 Å². The van der Waals surface area contributed by atoms with E-state index in [-0.39, 0.29) is 17.8 Å². The molecule has 138 valence electrons. The van der Waals surface area contributed by atoms with E-state index in [4.69, 9.17) is 0 Å². The Bertz CT molecular complexity index is 722. The first kappa shape index (κ1) is 18.5. The molecule has 1 amide bonds. The van der Waals surface area contributed by atoms with Gasteiger partial charge in [-0.05, 0) is 43.8 Å². The number of carbonyl (C=O) groups is 1. The summed E-state index contributed by atoms with van der Waals surface area (Å²) in [6, 6.07) is 14.3. The summed E-state index contributed by atoms with van der Waals surface area (Å²) in [6.07, 6.45) is 0. The molecule has 1 atom stereocenters. The van der Waals surface area contributed by atoms with Crippen LogP contribution < -0.4 is 5.32 Å². The van der Waals surface area contributed by atoms with Gasteiger partial charge in [-0.15, -0.1) is 0 Å². The second-order valence-electron chi connectivity index (χ2n) is 6.98. The van der Waals surface area contributed by atoms with Crippen molar-refractivity contribution >= 4 is 5.91 Å². The first-order valence-electron chi connectivity index (χ1n) is 9.06. The molecule has 1 heterocycles. The smallest absolute Gasteiger partial charge is 0.251 e. The summed E-state index contributed by atoms with van der Waals surface area (Å²) in [7, 11) is 2.13. The summed E-state index contributed by atoms with van der Waals surface area (Å²) >= 11 is 0. The van der Waals surface area contributed by atoms with Crippen LogP contribution in [0.15, 0.2) is 48.5 Å². The Morgan fingerprint density at radius 2 is 1.65 bits per heavy atom. The van der Waals surface area contributed by atoms with E-state index >= 15 is 0 Å². The van der Waals surface area contributed by atoms with Crippen molar-refractivity contribution in [2.75, 3.05) is 39.8 Å². The molecule has 0 bridgehead atoms. The molecule has 1 N–H and O–H groups in total. The third kappa shape index (κ3) is 4.68. The fourth-order valence-corrected chi connectivity index (χ4v) is 3.27. The number of rotatable bonds is 5. The molecule has 0 radical (unpaired) electrons. The highest BCUT2D eigenvalue weighted by molar-refractivity contribution is 5.94. The molecule has 4 nitrogen and oxygen atoms in total. The SMILES string of the molecule is Cc1ccc([C@H](CNC(=O)c2ccc(F)cc2)N2CCN(C)CC2)cc1. The normalized spacial score (nSPS) is 17.0. The largest absolute Gasteiger partial charge is 0.350 e. The predicted octanol–water partition coefficient (Wildman–Crippen LogP) is 2.85. The van der Waals surface area contributed by atoms with Crippen LogP contribution in [0.5, 0.6) is 0 Å². The van der Waals surface area contributed by atoms with Crippen LogP contribution in [0.4, 0.5) is 4.39 Å². The van der Waals surface area contributed by atoms with E-state index in [9.17, 15) is 9.18 Å². The number of halogens is 1. The van der Waals surface area contributed by atoms with Gasteiger partial charge in [-0.25, -0.2) is 4.39 Å². The van der Waals surface area contributed by atoms with Gasteiger partial charge < -0.3 is 10.2 Å². The number of nitrogens with one attached hydrogen (secondary N) is 1. The van der Waals surface area contributed by atoms with Crippen molar-refractivity contribution in [2.45, 2.75) is 13.0 Å². The number of carbonyl (C=O) groups excluding carboxylic acids is 1. The lowest BCUT2D eigenvalue weighted by Gasteiger charge is -2.38. The molecule has 1 aliphatic rings. The molecule has 2 aromatic rings. The van der Waals surface area contributed by atoms with Gasteiger partial charge in [-0.2, -0.15) is 0 Å². The standard InChI is InChI=1S/C21H26FN3O/c1-16-3-5-17(6-4-16)20(25-13-11-24(2)12-14-25)15-23-21(26)18-7-9-19(22)10-8-18/h3-10,20H,11-15H2,1-2H3,(H,23,26)/t20-/m0/s1. The van der Waals surface area contributed by atoms with Crippen LogP contribution >= 0.6 is 0 Å². The maximum Gasteiger partial charge on any atom is 0.251 e. The Morgan fingerprint density at radius 3 is 2.27 bits per heavy atom. The van der Waals surface area contributed by atoms with Gasteiger partial charge in [0.1, 0.15) is 5.82 Å². The van der Waals surface area contributed by atoms with Crippen molar-refractivity contribution < 1.29 is 9.18 Å². The van der Waals surface area contributed by atoms with Gasteiger partial charge in [0.15, 0.2) is 0 Å². The van der Waals surface area contributed by atoms with Crippen LogP contribution in [-0.4, -0.2) is 55.5 Å². The minimum absolute atomic E-state index is 0.133. The first-order chi connectivity index (χ1) is 12.5. The minimum Gasteiger partial charge on any atom is -0.350 e. The molecule has 0 saturated carbocycles. The topological polar surface area (TPSA) is 35.6 Å². The summed E-state index contributed by atoms with van der Waals surface area (Å²) in [6.45, 7) is 6.60. The molecule has 5 heteroatoms. The average Bonchev–Trinajstić information content (AvgIpc) is 2.65. The lowest BCUT2D eigenvalue weighted by molar-refractivity contribution is 0.0886. The van der Waals surface area contributed by atoms with E-state index in [2.05, 4.69) is 53.4 Å². The lowest BCUT2D eigenvalue weighted by atomic mass is 10.0. The fourth-order valence-electron chi connectivity index (χ4n) is 3.27. The fraction of sp³-hybridized carbons (Fsp3) is 0.381. The quantitative estimate of drug-likeness (QED) is 0.896. The minimum atomic E-state index is -0.337. The highest BCUT2D eigenvalue weighted by atomic mass is 19.1. The van der Waals surface area contributed by atoms with Gasteiger partial charge in [0.05, 0.1) is 6.04 Å². The maximum absolute atomic E-state index is 13.1. The highest BCUT2D eigenvalue weighted by Crippen LogP contribution is 2.22. The number of benzene rings is 2.